The predicted molar refractivity (Wildman–Crippen MR) is 143 cm³/mol. The number of rotatable bonds is 11. The van der Waals surface area contributed by atoms with Gasteiger partial charge in [0.05, 0.1) is 6.61 Å². The molecule has 9 heteroatoms. The van der Waals surface area contributed by atoms with E-state index in [1.165, 1.54) is 0 Å². The Morgan fingerprint density at radius 1 is 0.895 bits per heavy atom. The summed E-state index contributed by atoms with van der Waals surface area (Å²) in [5.74, 6) is -0.181. The molecule has 0 amide bonds. The summed E-state index contributed by atoms with van der Waals surface area (Å²) in [5.41, 5.74) is -0.310. The van der Waals surface area contributed by atoms with Crippen LogP contribution >= 0.6 is 10.3 Å². The fourth-order valence-corrected chi connectivity index (χ4v) is 12.5. The number of halogens is 2. The number of hydrogen-bond donors (Lipinski definition) is 0. The molecule has 4 saturated carbocycles. The molecule has 4 aliphatic rings. The predicted octanol–water partition coefficient (Wildman–Crippen LogP) is 7.32. The third kappa shape index (κ3) is 5.13. The lowest BCUT2D eigenvalue weighted by molar-refractivity contribution is -0.171. The average Bonchev–Trinajstić information content (AvgIpc) is 2.90. The second kappa shape index (κ2) is 10.5. The van der Waals surface area contributed by atoms with Crippen molar-refractivity contribution in [3.8, 4) is 0 Å². The normalized spacial score (nSPS) is 27.3. The third-order valence-corrected chi connectivity index (χ3v) is 13.8. The Morgan fingerprint density at radius 3 is 1.82 bits per heavy atom. The van der Waals surface area contributed by atoms with Crippen molar-refractivity contribution in [1.82, 2.24) is 0 Å². The van der Waals surface area contributed by atoms with Crippen LogP contribution < -0.4 is 0 Å². The minimum absolute atomic E-state index is 0.161. The molecule has 0 radical (unpaired) electrons. The first-order chi connectivity index (χ1) is 18.1. The van der Waals surface area contributed by atoms with Crippen LogP contribution in [0.5, 0.6) is 0 Å². The maximum absolute atomic E-state index is 15.5. The summed E-state index contributed by atoms with van der Waals surface area (Å²) in [5, 5.41) is -4.83. The van der Waals surface area contributed by atoms with Crippen LogP contribution in [0.1, 0.15) is 58.3 Å². The van der Waals surface area contributed by atoms with E-state index in [9.17, 15) is 13.2 Å². The number of benzene rings is 2. The number of esters is 1. The number of ether oxygens (including phenoxy) is 1. The molecule has 0 heterocycles. The quantitative estimate of drug-likeness (QED) is 0.267. The summed E-state index contributed by atoms with van der Waals surface area (Å²) < 4.78 is 68.2. The van der Waals surface area contributed by atoms with Crippen LogP contribution in [0.2, 0.25) is 0 Å². The number of unbranched alkanes of at least 4 members (excludes halogenated alkanes) is 1. The lowest BCUT2D eigenvalue weighted by Gasteiger charge is -2.56. The zero-order chi connectivity index (χ0) is 27.0. The van der Waals surface area contributed by atoms with E-state index in [1.807, 2.05) is 6.92 Å². The Bertz CT molecular complexity index is 1160. The van der Waals surface area contributed by atoms with Gasteiger partial charge in [0, 0.05) is 21.0 Å². The second-order valence-corrected chi connectivity index (χ2v) is 16.1. The number of alkyl halides is 2. The van der Waals surface area contributed by atoms with E-state index >= 15 is 8.78 Å². The molecule has 2 aromatic rings. The van der Waals surface area contributed by atoms with Gasteiger partial charge in [-0.2, -0.15) is 17.2 Å². The van der Waals surface area contributed by atoms with E-state index in [2.05, 4.69) is 0 Å². The Hall–Kier alpha value is -1.97. The van der Waals surface area contributed by atoms with E-state index in [0.29, 0.717) is 40.4 Å². The minimum Gasteiger partial charge on any atom is -0.460 e. The first-order valence-electron chi connectivity index (χ1n) is 13.5. The van der Waals surface area contributed by atoms with Gasteiger partial charge in [-0.15, -0.1) is 0 Å². The van der Waals surface area contributed by atoms with Crippen molar-refractivity contribution < 1.29 is 30.4 Å². The van der Waals surface area contributed by atoms with Crippen molar-refractivity contribution in [3.63, 3.8) is 0 Å². The molecule has 0 saturated heterocycles. The summed E-state index contributed by atoms with van der Waals surface area (Å²) in [6.07, 6.45) is 7.31. The molecule has 208 valence electrons. The highest BCUT2D eigenvalue weighted by Gasteiger charge is 2.59. The van der Waals surface area contributed by atoms with Crippen molar-refractivity contribution in [2.24, 2.45) is 23.2 Å². The zero-order valence-electron chi connectivity index (χ0n) is 21.7. The molecular formula is C29H36F2O5S2. The maximum Gasteiger partial charge on any atom is 0.466 e. The lowest BCUT2D eigenvalue weighted by Crippen LogP contribution is -2.49. The van der Waals surface area contributed by atoms with Crippen molar-refractivity contribution in [3.05, 3.63) is 60.7 Å². The van der Waals surface area contributed by atoms with Gasteiger partial charge in [0.15, 0.2) is 0 Å². The van der Waals surface area contributed by atoms with Gasteiger partial charge in [-0.1, -0.05) is 60.1 Å². The Kier molecular flexibility index (Phi) is 7.66. The van der Waals surface area contributed by atoms with Gasteiger partial charge in [0.1, 0.15) is 0 Å². The van der Waals surface area contributed by atoms with Crippen molar-refractivity contribution in [1.29, 1.82) is 0 Å². The minimum atomic E-state index is -5.69. The van der Waals surface area contributed by atoms with E-state index < -0.39 is 31.7 Å². The summed E-state index contributed by atoms with van der Waals surface area (Å²) in [6, 6.07) is 17.2. The van der Waals surface area contributed by atoms with Gasteiger partial charge in [-0.3, -0.25) is 0 Å². The van der Waals surface area contributed by atoms with E-state index in [4.69, 9.17) is 8.37 Å². The molecular weight excluding hydrogens is 530 g/mol. The molecule has 5 nitrogen and oxygen atoms in total. The van der Waals surface area contributed by atoms with Crippen LogP contribution in [0.15, 0.2) is 70.5 Å². The first-order valence-corrected chi connectivity index (χ1v) is 16.6. The number of carbonyl (C=O) groups is 1. The smallest absolute Gasteiger partial charge is 0.460 e. The standard InChI is InChI=1S/C29H36F2O5S2/c1-2-3-14-37(25-10-6-4-7-11-25,26-12-8-5-9-13-26)36-38(33,34)29(30,31)27(32)35-21-28-18-22-15-23(19-28)17-24(16-22)20-28/h4-13,22-24H,2-3,14-21H2,1H3. The van der Waals surface area contributed by atoms with Crippen molar-refractivity contribution in [2.75, 3.05) is 12.4 Å². The monoisotopic (exact) mass is 566 g/mol. The second-order valence-electron chi connectivity index (χ2n) is 11.4. The first kappa shape index (κ1) is 27.6. The third-order valence-electron chi connectivity index (χ3n) is 8.47. The van der Waals surface area contributed by atoms with Crippen LogP contribution in [0.3, 0.4) is 0 Å². The van der Waals surface area contributed by atoms with Crippen LogP contribution in [0, 0.1) is 23.2 Å². The highest BCUT2D eigenvalue weighted by molar-refractivity contribution is 8.33. The summed E-state index contributed by atoms with van der Waals surface area (Å²) in [6.45, 7) is 1.77. The van der Waals surface area contributed by atoms with Gasteiger partial charge in [0.25, 0.3) is 0 Å². The maximum atomic E-state index is 15.5. The van der Waals surface area contributed by atoms with Gasteiger partial charge in [-0.05, 0) is 87.0 Å². The average molecular weight is 567 g/mol. The molecule has 38 heavy (non-hydrogen) atoms. The van der Waals surface area contributed by atoms with Gasteiger partial charge in [-0.25, -0.2) is 8.42 Å². The SMILES string of the molecule is CCCCS(OS(=O)(=O)C(F)(F)C(=O)OCC12CC3CC(CC(C3)C1)C2)(c1ccccc1)c1ccccc1. The Morgan fingerprint density at radius 2 is 1.37 bits per heavy atom. The lowest BCUT2D eigenvalue weighted by atomic mass is 9.50. The molecule has 0 aromatic heterocycles. The number of hydrogen-bond acceptors (Lipinski definition) is 5. The molecule has 0 aliphatic heterocycles. The number of carbonyl (C=O) groups excluding carboxylic acids is 1. The molecule has 4 aliphatic carbocycles. The molecule has 4 bridgehead atoms. The van der Waals surface area contributed by atoms with E-state index in [-0.39, 0.29) is 17.8 Å². The van der Waals surface area contributed by atoms with Crippen LogP contribution in [-0.4, -0.2) is 32.0 Å². The molecule has 6 rings (SSSR count). The fraction of sp³-hybridized carbons (Fsp3) is 0.552. The van der Waals surface area contributed by atoms with E-state index in [0.717, 1.165) is 38.5 Å². The van der Waals surface area contributed by atoms with Gasteiger partial charge < -0.3 is 4.74 Å². The largest absolute Gasteiger partial charge is 0.466 e. The molecule has 0 atom stereocenters. The van der Waals surface area contributed by atoms with Crippen molar-refractivity contribution in [2.45, 2.75) is 73.3 Å². The Labute approximate surface area is 225 Å². The molecule has 2 aromatic carbocycles. The van der Waals surface area contributed by atoms with Crippen molar-refractivity contribution >= 4 is 26.4 Å². The van der Waals surface area contributed by atoms with Crippen LogP contribution in [0.25, 0.3) is 0 Å². The highest BCUT2D eigenvalue weighted by Crippen LogP contribution is 2.66. The molecule has 0 spiro atoms. The van der Waals surface area contributed by atoms with Gasteiger partial charge in [0.2, 0.25) is 0 Å². The highest BCUT2D eigenvalue weighted by atomic mass is 32.3. The fourth-order valence-electron chi connectivity index (χ4n) is 7.18. The summed E-state index contributed by atoms with van der Waals surface area (Å²) in [4.78, 5) is 13.8. The van der Waals surface area contributed by atoms with Gasteiger partial charge >= 0.3 is 21.3 Å². The zero-order valence-corrected chi connectivity index (χ0v) is 23.3. The topological polar surface area (TPSA) is 69.7 Å². The van der Waals surface area contributed by atoms with Crippen LogP contribution in [0.4, 0.5) is 8.78 Å². The molecule has 0 unspecified atom stereocenters. The molecule has 4 fully saturated rings. The summed E-state index contributed by atoms with van der Waals surface area (Å²) >= 11 is 0. The summed E-state index contributed by atoms with van der Waals surface area (Å²) in [7, 11) is -8.61. The van der Waals surface area contributed by atoms with Crippen LogP contribution in [-0.2, 0) is 23.3 Å². The van der Waals surface area contributed by atoms with E-state index in [1.54, 1.807) is 60.7 Å². The Balaban J connectivity index is 1.41. The molecule has 0 N–H and O–H groups in total.